The van der Waals surface area contributed by atoms with Gasteiger partial charge in [-0.3, -0.25) is 9.78 Å². The van der Waals surface area contributed by atoms with Crippen molar-refractivity contribution in [2.24, 2.45) is 17.3 Å². The highest BCUT2D eigenvalue weighted by atomic mass is 19.4. The monoisotopic (exact) mass is 311 g/mol. The van der Waals surface area contributed by atoms with Crippen LogP contribution in [0, 0.1) is 17.3 Å². The Morgan fingerprint density at radius 3 is 2.68 bits per heavy atom. The topological polar surface area (TPSA) is 45.2 Å². The maximum absolute atomic E-state index is 12.8. The van der Waals surface area contributed by atoms with Crippen molar-refractivity contribution in [2.45, 2.75) is 19.0 Å². The Bertz CT molecular complexity index is 617. The van der Waals surface area contributed by atoms with E-state index in [1.165, 1.54) is 11.0 Å². The highest BCUT2D eigenvalue weighted by Crippen LogP contribution is 2.59. The molecule has 3 fully saturated rings. The maximum Gasteiger partial charge on any atom is 0.433 e. The van der Waals surface area contributed by atoms with Crippen molar-refractivity contribution in [1.29, 1.82) is 0 Å². The molecule has 1 saturated carbocycles. The maximum atomic E-state index is 12.8. The largest absolute Gasteiger partial charge is 0.433 e. The number of nitrogens with one attached hydrogen (secondary N) is 1. The smallest absolute Gasteiger partial charge is 0.316 e. The number of anilines is 1. The third-order valence-corrected chi connectivity index (χ3v) is 5.56. The van der Waals surface area contributed by atoms with E-state index in [1.54, 1.807) is 0 Å². The number of carbonyl (C=O) groups is 1. The Hall–Kier alpha value is -1.63. The Kier molecular flexibility index (Phi) is 2.82. The molecule has 0 radical (unpaired) electrons. The summed E-state index contributed by atoms with van der Waals surface area (Å²) < 4.78 is 38.4. The molecule has 2 atom stereocenters. The first-order valence-electron chi connectivity index (χ1n) is 7.44. The summed E-state index contributed by atoms with van der Waals surface area (Å²) >= 11 is 0. The van der Waals surface area contributed by atoms with Gasteiger partial charge >= 0.3 is 6.18 Å². The van der Waals surface area contributed by atoms with Crippen LogP contribution in [0.5, 0.6) is 0 Å². The van der Waals surface area contributed by atoms with Crippen molar-refractivity contribution in [2.75, 3.05) is 24.5 Å². The molecule has 3 heterocycles. The number of halogens is 3. The van der Waals surface area contributed by atoms with E-state index in [2.05, 4.69) is 10.3 Å². The van der Waals surface area contributed by atoms with Crippen molar-refractivity contribution in [3.05, 3.63) is 24.0 Å². The van der Waals surface area contributed by atoms with Gasteiger partial charge in [-0.25, -0.2) is 0 Å². The molecule has 1 aliphatic carbocycles. The SMILES string of the molecule is O=C1CC2(CN1c1ccnc(C(F)(F)F)c1)C1CNCC2C1. The molecule has 118 valence electrons. The van der Waals surface area contributed by atoms with Gasteiger partial charge in [0.05, 0.1) is 0 Å². The Morgan fingerprint density at radius 1 is 1.32 bits per heavy atom. The van der Waals surface area contributed by atoms with Crippen LogP contribution in [0.2, 0.25) is 0 Å². The Morgan fingerprint density at radius 2 is 2.05 bits per heavy atom. The minimum absolute atomic E-state index is 0.0377. The van der Waals surface area contributed by atoms with E-state index in [1.807, 2.05) is 0 Å². The molecule has 2 aliphatic heterocycles. The predicted octanol–water partition coefficient (Wildman–Crippen LogP) is 2.06. The number of nitrogens with zero attached hydrogens (tertiary/aromatic N) is 2. The molecule has 0 aromatic carbocycles. The number of alkyl halides is 3. The van der Waals surface area contributed by atoms with Gasteiger partial charge < -0.3 is 10.2 Å². The van der Waals surface area contributed by atoms with E-state index >= 15 is 0 Å². The lowest BCUT2D eigenvalue weighted by Gasteiger charge is -2.58. The minimum Gasteiger partial charge on any atom is -0.316 e. The van der Waals surface area contributed by atoms with Crippen molar-refractivity contribution < 1.29 is 18.0 Å². The fourth-order valence-electron chi connectivity index (χ4n) is 4.33. The first kappa shape index (κ1) is 14.0. The molecule has 1 aromatic heterocycles. The number of amides is 1. The fourth-order valence-corrected chi connectivity index (χ4v) is 4.33. The standard InChI is InChI=1S/C15H16F3N3O/c16-15(17,18)12-4-11(1-2-20-12)21-8-14(5-13(21)22)9-3-10(14)7-19-6-9/h1-2,4,9-10,19H,3,5-8H2. The van der Waals surface area contributed by atoms with Gasteiger partial charge in [-0.2, -0.15) is 13.2 Å². The lowest BCUT2D eigenvalue weighted by Crippen LogP contribution is -2.62. The summed E-state index contributed by atoms with van der Waals surface area (Å²) in [5, 5.41) is 3.35. The van der Waals surface area contributed by atoms with Gasteiger partial charge in [0.15, 0.2) is 0 Å². The van der Waals surface area contributed by atoms with Gasteiger partial charge in [0.2, 0.25) is 5.91 Å². The number of aromatic nitrogens is 1. The molecule has 1 aromatic rings. The van der Waals surface area contributed by atoms with E-state index in [-0.39, 0.29) is 11.3 Å². The van der Waals surface area contributed by atoms with Crippen LogP contribution in [-0.4, -0.2) is 30.5 Å². The Labute approximate surface area is 125 Å². The Balaban J connectivity index is 1.63. The average Bonchev–Trinajstić information content (AvgIpc) is 2.87. The first-order chi connectivity index (χ1) is 10.4. The number of pyridine rings is 1. The lowest BCUT2D eigenvalue weighted by molar-refractivity contribution is -0.141. The lowest BCUT2D eigenvalue weighted by atomic mass is 9.50. The highest BCUT2D eigenvalue weighted by molar-refractivity contribution is 5.96. The van der Waals surface area contributed by atoms with Crippen LogP contribution in [0.1, 0.15) is 18.5 Å². The van der Waals surface area contributed by atoms with Crippen LogP contribution in [-0.2, 0) is 11.0 Å². The molecule has 2 saturated heterocycles. The van der Waals surface area contributed by atoms with E-state index in [0.29, 0.717) is 30.5 Å². The van der Waals surface area contributed by atoms with Crippen LogP contribution < -0.4 is 10.2 Å². The molecule has 1 N–H and O–H groups in total. The van der Waals surface area contributed by atoms with E-state index in [0.717, 1.165) is 31.8 Å². The predicted molar refractivity (Wildman–Crippen MR) is 73.1 cm³/mol. The summed E-state index contributed by atoms with van der Waals surface area (Å²) in [6.45, 7) is 2.34. The molecule has 3 aliphatic rings. The fraction of sp³-hybridized carbons (Fsp3) is 0.600. The summed E-state index contributed by atoms with van der Waals surface area (Å²) in [5.41, 5.74) is -0.680. The summed E-state index contributed by atoms with van der Waals surface area (Å²) in [5.74, 6) is 0.851. The van der Waals surface area contributed by atoms with Crippen LogP contribution in [0.4, 0.5) is 18.9 Å². The van der Waals surface area contributed by atoms with Crippen molar-refractivity contribution in [3.8, 4) is 0 Å². The van der Waals surface area contributed by atoms with Gasteiger partial charge in [-0.1, -0.05) is 0 Å². The molecule has 2 bridgehead atoms. The van der Waals surface area contributed by atoms with Crippen LogP contribution in [0.3, 0.4) is 0 Å². The summed E-state index contributed by atoms with van der Waals surface area (Å²) in [6, 6.07) is 2.46. The second-order valence-electron chi connectivity index (χ2n) is 6.57. The van der Waals surface area contributed by atoms with Crippen molar-refractivity contribution in [3.63, 3.8) is 0 Å². The van der Waals surface area contributed by atoms with Gasteiger partial charge in [0.25, 0.3) is 0 Å². The zero-order valence-electron chi connectivity index (χ0n) is 11.9. The van der Waals surface area contributed by atoms with Crippen molar-refractivity contribution >= 4 is 11.6 Å². The number of rotatable bonds is 1. The van der Waals surface area contributed by atoms with Crippen LogP contribution in [0.15, 0.2) is 18.3 Å². The molecule has 1 amide bonds. The third-order valence-electron chi connectivity index (χ3n) is 5.56. The van der Waals surface area contributed by atoms with Gasteiger partial charge in [-0.05, 0) is 43.5 Å². The quantitative estimate of drug-likeness (QED) is 0.863. The molecule has 4 rings (SSSR count). The van der Waals surface area contributed by atoms with Gasteiger partial charge in [0, 0.05) is 30.3 Å². The van der Waals surface area contributed by atoms with E-state index in [4.69, 9.17) is 0 Å². The van der Waals surface area contributed by atoms with Crippen LogP contribution >= 0.6 is 0 Å². The van der Waals surface area contributed by atoms with Gasteiger partial charge in [0.1, 0.15) is 5.69 Å². The van der Waals surface area contributed by atoms with Crippen LogP contribution in [0.25, 0.3) is 0 Å². The molecule has 2 unspecified atom stereocenters. The van der Waals surface area contributed by atoms with Crippen molar-refractivity contribution in [1.82, 2.24) is 10.3 Å². The summed E-state index contributed by atoms with van der Waals surface area (Å²) in [6.07, 6.45) is -1.79. The highest BCUT2D eigenvalue weighted by Gasteiger charge is 2.61. The number of piperidine rings is 2. The molecule has 7 heteroatoms. The third kappa shape index (κ3) is 1.87. The van der Waals surface area contributed by atoms with Gasteiger partial charge in [-0.15, -0.1) is 0 Å². The van der Waals surface area contributed by atoms with E-state index in [9.17, 15) is 18.0 Å². The normalized spacial score (nSPS) is 34.1. The molecule has 1 spiro atoms. The number of hydrogen-bond donors (Lipinski definition) is 1. The molecule has 4 nitrogen and oxygen atoms in total. The zero-order chi connectivity index (χ0) is 15.5. The minimum atomic E-state index is -4.49. The second-order valence-corrected chi connectivity index (χ2v) is 6.57. The first-order valence-corrected chi connectivity index (χ1v) is 7.44. The number of carbonyl (C=O) groups excluding carboxylic acids is 1. The second kappa shape index (κ2) is 4.44. The summed E-state index contributed by atoms with van der Waals surface area (Å²) in [7, 11) is 0. The number of hydrogen-bond acceptors (Lipinski definition) is 3. The van der Waals surface area contributed by atoms with E-state index < -0.39 is 11.9 Å². The zero-order valence-corrected chi connectivity index (χ0v) is 11.9. The molecule has 22 heavy (non-hydrogen) atoms. The average molecular weight is 311 g/mol. The molecular formula is C15H16F3N3O. The summed E-state index contributed by atoms with van der Waals surface area (Å²) in [4.78, 5) is 17.3. The molecular weight excluding hydrogens is 295 g/mol.